The molecule has 0 saturated carbocycles. The number of hydrogen-bond donors (Lipinski definition) is 3. The summed E-state index contributed by atoms with van der Waals surface area (Å²) in [5.74, 6) is 0.268. The van der Waals surface area contributed by atoms with E-state index in [0.717, 1.165) is 11.3 Å². The first-order chi connectivity index (χ1) is 11.3. The normalized spacial score (nSPS) is 14.8. The van der Waals surface area contributed by atoms with Crippen LogP contribution in [0.5, 0.6) is 0 Å². The van der Waals surface area contributed by atoms with Crippen LogP contribution in [0, 0.1) is 0 Å². The summed E-state index contributed by atoms with van der Waals surface area (Å²) in [4.78, 5) is 25.1. The number of likely N-dealkylation sites (N-methyl/N-ethyl adjacent to an activating group) is 1. The highest BCUT2D eigenvalue weighted by atomic mass is 16.2. The molecule has 0 aliphatic heterocycles. The third-order valence-corrected chi connectivity index (χ3v) is 4.31. The Hall–Kier alpha value is -1.88. The zero-order valence-corrected chi connectivity index (χ0v) is 15.6. The molecule has 0 spiro atoms. The molecule has 0 saturated heterocycles. The lowest BCUT2D eigenvalue weighted by Crippen LogP contribution is -3.15. The summed E-state index contributed by atoms with van der Waals surface area (Å²) >= 11 is 0. The molecule has 2 amide bonds. The maximum atomic E-state index is 12.4. The van der Waals surface area contributed by atoms with Crippen molar-refractivity contribution in [2.24, 2.45) is 0 Å². The minimum atomic E-state index is -0.267. The third-order valence-electron chi connectivity index (χ3n) is 4.31. The third kappa shape index (κ3) is 6.71. The van der Waals surface area contributed by atoms with Gasteiger partial charge in [0.2, 0.25) is 0 Å². The molecule has 1 aromatic rings. The van der Waals surface area contributed by atoms with Gasteiger partial charge in [-0.05, 0) is 32.8 Å². The number of carbonyl (C=O) groups is 2. The molecule has 0 aromatic heterocycles. The summed E-state index contributed by atoms with van der Waals surface area (Å²) in [6.45, 7) is 8.76. The smallest absolute Gasteiger partial charge is 0.278 e. The van der Waals surface area contributed by atoms with Crippen molar-refractivity contribution in [3.05, 3.63) is 35.9 Å². The zero-order chi connectivity index (χ0) is 18.1. The molecule has 1 aromatic carbocycles. The number of amides is 2. The van der Waals surface area contributed by atoms with Gasteiger partial charge in [0.1, 0.15) is 0 Å². The summed E-state index contributed by atoms with van der Waals surface area (Å²) in [6.07, 6.45) is 0.970. The van der Waals surface area contributed by atoms with Gasteiger partial charge in [0, 0.05) is 18.5 Å². The maximum Gasteiger partial charge on any atom is 0.278 e. The molecule has 0 heterocycles. The second kappa shape index (κ2) is 10.1. The summed E-state index contributed by atoms with van der Waals surface area (Å²) in [6, 6.07) is 10.1. The summed E-state index contributed by atoms with van der Waals surface area (Å²) in [7, 11) is 1.87. The van der Waals surface area contributed by atoms with Gasteiger partial charge in [-0.3, -0.25) is 9.59 Å². The topological polar surface area (TPSA) is 62.6 Å². The Balaban J connectivity index is 2.49. The number of benzene rings is 1. The van der Waals surface area contributed by atoms with Gasteiger partial charge in [-0.15, -0.1) is 0 Å². The molecule has 5 heteroatoms. The van der Waals surface area contributed by atoms with E-state index in [0.29, 0.717) is 19.0 Å². The SMILES string of the molecule is CC[C@H](CNC(=O)[C@H](C)[NH+](C)CC(=O)NC(C)C)c1ccccc1. The van der Waals surface area contributed by atoms with Gasteiger partial charge in [-0.2, -0.15) is 0 Å². The second-order valence-electron chi connectivity index (χ2n) is 6.73. The molecule has 1 unspecified atom stereocenters. The van der Waals surface area contributed by atoms with Crippen LogP contribution in [0.25, 0.3) is 0 Å². The Bertz CT molecular complexity index is 517. The molecule has 5 nitrogen and oxygen atoms in total. The van der Waals surface area contributed by atoms with Gasteiger partial charge < -0.3 is 15.5 Å². The standard InChI is InChI=1S/C19H31N3O2/c1-6-16(17-10-8-7-9-11-17)12-20-19(24)15(4)22(5)13-18(23)21-14(2)3/h7-11,14-16H,6,12-13H2,1-5H3,(H,20,24)(H,21,23)/p+1/t15-,16+/m0/s1. The summed E-state index contributed by atoms with van der Waals surface area (Å²) < 4.78 is 0. The first-order valence-electron chi connectivity index (χ1n) is 8.79. The van der Waals surface area contributed by atoms with Gasteiger partial charge >= 0.3 is 0 Å². The van der Waals surface area contributed by atoms with Gasteiger partial charge in [0.25, 0.3) is 11.8 Å². The van der Waals surface area contributed by atoms with E-state index in [2.05, 4.69) is 29.7 Å². The van der Waals surface area contributed by atoms with E-state index in [1.165, 1.54) is 5.56 Å². The van der Waals surface area contributed by atoms with Gasteiger partial charge in [0.05, 0.1) is 7.05 Å². The number of hydrogen-bond acceptors (Lipinski definition) is 2. The molecule has 134 valence electrons. The molecule has 24 heavy (non-hydrogen) atoms. The first kappa shape index (κ1) is 20.2. The van der Waals surface area contributed by atoms with E-state index in [9.17, 15) is 9.59 Å². The Morgan fingerprint density at radius 2 is 1.75 bits per heavy atom. The Morgan fingerprint density at radius 1 is 1.12 bits per heavy atom. The highest BCUT2D eigenvalue weighted by molar-refractivity contribution is 5.81. The minimum Gasteiger partial charge on any atom is -0.350 e. The number of carbonyl (C=O) groups excluding carboxylic acids is 2. The van der Waals surface area contributed by atoms with Crippen LogP contribution in [0.2, 0.25) is 0 Å². The van der Waals surface area contributed by atoms with Crippen molar-refractivity contribution < 1.29 is 14.5 Å². The average Bonchev–Trinajstić information content (AvgIpc) is 2.54. The van der Waals surface area contributed by atoms with Crippen LogP contribution in [0.3, 0.4) is 0 Å². The quantitative estimate of drug-likeness (QED) is 0.623. The predicted octanol–water partition coefficient (Wildman–Crippen LogP) is 0.724. The lowest BCUT2D eigenvalue weighted by Gasteiger charge is -2.22. The van der Waals surface area contributed by atoms with Crippen molar-refractivity contribution in [1.82, 2.24) is 10.6 Å². The van der Waals surface area contributed by atoms with Crippen molar-refractivity contribution in [2.45, 2.75) is 52.1 Å². The monoisotopic (exact) mass is 334 g/mol. The van der Waals surface area contributed by atoms with Crippen LogP contribution in [0.15, 0.2) is 30.3 Å². The van der Waals surface area contributed by atoms with Gasteiger partial charge in [0.15, 0.2) is 12.6 Å². The average molecular weight is 334 g/mol. The van der Waals surface area contributed by atoms with Crippen molar-refractivity contribution in [3.8, 4) is 0 Å². The zero-order valence-electron chi connectivity index (χ0n) is 15.6. The Kier molecular flexibility index (Phi) is 8.47. The molecule has 0 aliphatic carbocycles. The molecular formula is C19H32N3O2+. The summed E-state index contributed by atoms with van der Waals surface area (Å²) in [5.41, 5.74) is 1.24. The lowest BCUT2D eigenvalue weighted by atomic mass is 9.96. The van der Waals surface area contributed by atoms with E-state index in [4.69, 9.17) is 0 Å². The van der Waals surface area contributed by atoms with Gasteiger partial charge in [-0.25, -0.2) is 0 Å². The number of quaternary nitrogens is 1. The van der Waals surface area contributed by atoms with E-state index in [1.807, 2.05) is 46.0 Å². The largest absolute Gasteiger partial charge is 0.350 e. The van der Waals surface area contributed by atoms with Crippen molar-refractivity contribution in [2.75, 3.05) is 20.1 Å². The van der Waals surface area contributed by atoms with Crippen LogP contribution >= 0.6 is 0 Å². The molecule has 1 rings (SSSR count). The Labute approximate surface area is 145 Å². The van der Waals surface area contributed by atoms with Crippen LogP contribution < -0.4 is 15.5 Å². The highest BCUT2D eigenvalue weighted by Gasteiger charge is 2.24. The number of rotatable bonds is 9. The Morgan fingerprint density at radius 3 is 2.29 bits per heavy atom. The fraction of sp³-hybridized carbons (Fsp3) is 0.579. The van der Waals surface area contributed by atoms with Gasteiger partial charge in [-0.1, -0.05) is 37.3 Å². The predicted molar refractivity (Wildman–Crippen MR) is 97.0 cm³/mol. The van der Waals surface area contributed by atoms with Crippen LogP contribution in [-0.4, -0.2) is 44.0 Å². The minimum absolute atomic E-state index is 0.0146. The van der Waals surface area contributed by atoms with Crippen LogP contribution in [-0.2, 0) is 9.59 Å². The van der Waals surface area contributed by atoms with E-state index in [1.54, 1.807) is 0 Å². The van der Waals surface area contributed by atoms with E-state index in [-0.39, 0.29) is 23.9 Å². The maximum absolute atomic E-state index is 12.4. The molecule has 0 aliphatic rings. The molecule has 3 N–H and O–H groups in total. The molecule has 3 atom stereocenters. The van der Waals surface area contributed by atoms with E-state index < -0.39 is 0 Å². The molecule has 0 fully saturated rings. The fourth-order valence-corrected chi connectivity index (χ4v) is 2.60. The number of nitrogens with one attached hydrogen (secondary N) is 3. The fourth-order valence-electron chi connectivity index (χ4n) is 2.60. The molecule has 0 bridgehead atoms. The highest BCUT2D eigenvalue weighted by Crippen LogP contribution is 2.17. The van der Waals surface area contributed by atoms with Crippen LogP contribution in [0.4, 0.5) is 0 Å². The summed E-state index contributed by atoms with van der Waals surface area (Å²) in [5, 5.41) is 5.89. The second-order valence-corrected chi connectivity index (χ2v) is 6.73. The van der Waals surface area contributed by atoms with Crippen LogP contribution in [0.1, 0.15) is 45.6 Å². The van der Waals surface area contributed by atoms with E-state index >= 15 is 0 Å². The van der Waals surface area contributed by atoms with Crippen molar-refractivity contribution in [1.29, 1.82) is 0 Å². The molecule has 0 radical (unpaired) electrons. The first-order valence-corrected chi connectivity index (χ1v) is 8.79. The van der Waals surface area contributed by atoms with Crippen molar-refractivity contribution in [3.63, 3.8) is 0 Å². The van der Waals surface area contributed by atoms with Crippen molar-refractivity contribution >= 4 is 11.8 Å². The molecular weight excluding hydrogens is 302 g/mol. The lowest BCUT2D eigenvalue weighted by molar-refractivity contribution is -0.886.